The number of carbonyl (C=O) groups is 3. The van der Waals surface area contributed by atoms with Crippen molar-refractivity contribution < 1.29 is 28.2 Å². The molecule has 2 atom stereocenters. The second kappa shape index (κ2) is 10.8. The lowest BCUT2D eigenvalue weighted by molar-refractivity contribution is 0.0247. The van der Waals surface area contributed by atoms with E-state index in [-0.39, 0.29) is 41.3 Å². The molecule has 11 nitrogen and oxygen atoms in total. The normalized spacial score (nSPS) is 19.1. The van der Waals surface area contributed by atoms with Gasteiger partial charge in [0.25, 0.3) is 5.91 Å². The molecule has 13 heteroatoms. The van der Waals surface area contributed by atoms with E-state index in [1.807, 2.05) is 13.1 Å². The van der Waals surface area contributed by atoms with Crippen LogP contribution in [-0.2, 0) is 23.1 Å². The molecular weight excluding hydrogens is 563 g/mol. The van der Waals surface area contributed by atoms with Crippen molar-refractivity contribution in [2.24, 2.45) is 7.05 Å². The molecule has 226 valence electrons. The van der Waals surface area contributed by atoms with Gasteiger partial charge in [-0.25, -0.2) is 23.9 Å². The molecular formula is C29H37FN6O5S. The van der Waals surface area contributed by atoms with Crippen molar-refractivity contribution in [3.05, 3.63) is 29.2 Å². The Morgan fingerprint density at radius 3 is 2.38 bits per heavy atom. The van der Waals surface area contributed by atoms with E-state index in [0.717, 1.165) is 28.0 Å². The average molecular weight is 601 g/mol. The van der Waals surface area contributed by atoms with E-state index in [1.54, 1.807) is 52.4 Å². The van der Waals surface area contributed by atoms with E-state index in [1.165, 1.54) is 11.3 Å². The number of rotatable bonds is 4. The van der Waals surface area contributed by atoms with Crippen molar-refractivity contribution >= 4 is 45.5 Å². The fourth-order valence-electron chi connectivity index (χ4n) is 5.26. The molecule has 4 heterocycles. The van der Waals surface area contributed by atoms with Crippen LogP contribution >= 0.6 is 11.3 Å². The fourth-order valence-corrected chi connectivity index (χ4v) is 6.31. The van der Waals surface area contributed by atoms with Crippen LogP contribution in [-0.4, -0.2) is 61.0 Å². The summed E-state index contributed by atoms with van der Waals surface area (Å²) < 4.78 is 29.7. The van der Waals surface area contributed by atoms with Gasteiger partial charge in [0.2, 0.25) is 0 Å². The van der Waals surface area contributed by atoms with Gasteiger partial charge < -0.3 is 20.1 Å². The van der Waals surface area contributed by atoms with Crippen LogP contribution in [0.1, 0.15) is 83.1 Å². The lowest BCUT2D eigenvalue weighted by atomic mass is 9.90. The number of pyridine rings is 1. The molecule has 0 unspecified atom stereocenters. The predicted octanol–water partition coefficient (Wildman–Crippen LogP) is 5.97. The SMILES string of the molecule is Cn1ncc2sc(-c3nc(N[C@@H]4CCCC[C@@H]4NC(=O)OC(C)(C)C)c(F)c4c3C(=O)N(C(=O)OC(C)(C)C)C4)cc21. The summed E-state index contributed by atoms with van der Waals surface area (Å²) in [5, 5.41) is 10.4. The zero-order chi connectivity index (χ0) is 30.6. The van der Waals surface area contributed by atoms with E-state index in [0.29, 0.717) is 17.7 Å². The van der Waals surface area contributed by atoms with Crippen LogP contribution in [0.5, 0.6) is 0 Å². The van der Waals surface area contributed by atoms with Crippen LogP contribution in [0, 0.1) is 5.82 Å². The van der Waals surface area contributed by atoms with Gasteiger partial charge in [-0.15, -0.1) is 11.3 Å². The zero-order valence-corrected chi connectivity index (χ0v) is 25.8. The van der Waals surface area contributed by atoms with Gasteiger partial charge in [-0.05, 0) is 60.5 Å². The summed E-state index contributed by atoms with van der Waals surface area (Å²) >= 11 is 1.38. The maximum atomic E-state index is 16.2. The van der Waals surface area contributed by atoms with Crippen LogP contribution in [0.4, 0.5) is 19.8 Å². The van der Waals surface area contributed by atoms with E-state index >= 15 is 4.39 Å². The molecule has 0 aromatic carbocycles. The summed E-state index contributed by atoms with van der Waals surface area (Å²) in [7, 11) is 1.81. The molecule has 3 aromatic rings. The molecule has 0 bridgehead atoms. The molecule has 3 amide bonds. The first-order chi connectivity index (χ1) is 19.6. The molecule has 1 fully saturated rings. The lowest BCUT2D eigenvalue weighted by Crippen LogP contribution is -2.50. The van der Waals surface area contributed by atoms with Gasteiger partial charge in [0.05, 0.1) is 45.1 Å². The number of nitrogens with one attached hydrogen (secondary N) is 2. The van der Waals surface area contributed by atoms with E-state index in [4.69, 9.17) is 9.47 Å². The third kappa shape index (κ3) is 6.06. The number of alkyl carbamates (subject to hydrolysis) is 1. The van der Waals surface area contributed by atoms with E-state index < -0.39 is 35.1 Å². The number of fused-ring (bicyclic) bond motifs is 2. The van der Waals surface area contributed by atoms with Gasteiger partial charge in [-0.3, -0.25) is 9.48 Å². The summed E-state index contributed by atoms with van der Waals surface area (Å²) in [6, 6.07) is 1.21. The van der Waals surface area contributed by atoms with Crippen molar-refractivity contribution in [1.29, 1.82) is 0 Å². The Bertz CT molecular complexity index is 1550. The lowest BCUT2D eigenvalue weighted by Gasteiger charge is -2.34. The molecule has 0 radical (unpaired) electrons. The van der Waals surface area contributed by atoms with Gasteiger partial charge in [0.1, 0.15) is 11.2 Å². The first kappa shape index (κ1) is 29.7. The summed E-state index contributed by atoms with van der Waals surface area (Å²) in [6.45, 7) is 10.2. The van der Waals surface area contributed by atoms with Crippen molar-refractivity contribution in [3.63, 3.8) is 0 Å². The minimum Gasteiger partial charge on any atom is -0.444 e. The fraction of sp³-hybridized carbons (Fsp3) is 0.552. The number of nitrogens with zero attached hydrogens (tertiary/aromatic N) is 4. The largest absolute Gasteiger partial charge is 0.444 e. The van der Waals surface area contributed by atoms with Gasteiger partial charge in [-0.1, -0.05) is 12.8 Å². The number of anilines is 1. The number of hydrogen-bond donors (Lipinski definition) is 2. The second-order valence-corrected chi connectivity index (χ2v) is 13.8. The Balaban J connectivity index is 1.53. The van der Waals surface area contributed by atoms with Gasteiger partial charge in [0.15, 0.2) is 11.6 Å². The number of carbonyl (C=O) groups excluding carboxylic acids is 3. The van der Waals surface area contributed by atoms with Gasteiger partial charge >= 0.3 is 12.2 Å². The molecule has 1 saturated carbocycles. The van der Waals surface area contributed by atoms with E-state index in [2.05, 4.69) is 20.7 Å². The van der Waals surface area contributed by atoms with Crippen molar-refractivity contribution in [3.8, 4) is 10.6 Å². The topological polar surface area (TPSA) is 128 Å². The molecule has 1 aliphatic carbocycles. The van der Waals surface area contributed by atoms with Crippen LogP contribution < -0.4 is 10.6 Å². The first-order valence-electron chi connectivity index (χ1n) is 14.1. The third-order valence-corrected chi connectivity index (χ3v) is 8.15. The standard InChI is InChI=1S/C29H37FN6O5S/c1-28(2,3)40-26(38)33-17-11-9-8-10-16(17)32-24-22(30)15-14-36(27(39)41-29(4,5)6)25(37)21(15)23(34-24)19-12-18-20(42-19)13-31-35(18)7/h12-13,16-17H,8-11,14H2,1-7H3,(H,32,34)(H,33,38)/t16-,17+/m1/s1. The molecule has 0 saturated heterocycles. The number of ether oxygens (including phenoxy) is 2. The second-order valence-electron chi connectivity index (χ2n) is 12.8. The van der Waals surface area contributed by atoms with Crippen molar-refractivity contribution in [2.75, 3.05) is 5.32 Å². The number of hydrogen-bond acceptors (Lipinski definition) is 9. The molecule has 0 spiro atoms. The van der Waals surface area contributed by atoms with Crippen LogP contribution in [0.3, 0.4) is 0 Å². The maximum absolute atomic E-state index is 16.2. The predicted molar refractivity (Wildman–Crippen MR) is 157 cm³/mol. The Hall–Kier alpha value is -3.74. The first-order valence-corrected chi connectivity index (χ1v) is 14.9. The molecule has 42 heavy (non-hydrogen) atoms. The zero-order valence-electron chi connectivity index (χ0n) is 25.0. The van der Waals surface area contributed by atoms with Crippen molar-refractivity contribution in [1.82, 2.24) is 25.0 Å². The number of aromatic nitrogens is 3. The van der Waals surface area contributed by atoms with E-state index in [9.17, 15) is 14.4 Å². The summed E-state index contributed by atoms with van der Waals surface area (Å²) in [5.74, 6) is -1.41. The average Bonchev–Trinajstić information content (AvgIpc) is 3.54. The minimum atomic E-state index is -0.849. The quantitative estimate of drug-likeness (QED) is 0.375. The van der Waals surface area contributed by atoms with Crippen LogP contribution in [0.15, 0.2) is 12.3 Å². The molecule has 3 aromatic heterocycles. The molecule has 2 aliphatic rings. The highest BCUT2D eigenvalue weighted by Gasteiger charge is 2.41. The van der Waals surface area contributed by atoms with Crippen molar-refractivity contribution in [2.45, 2.75) is 97.1 Å². The summed E-state index contributed by atoms with van der Waals surface area (Å²) in [4.78, 5) is 45.3. The Kier molecular flexibility index (Phi) is 7.67. The molecule has 5 rings (SSSR count). The van der Waals surface area contributed by atoms with Crippen LogP contribution in [0.2, 0.25) is 0 Å². The maximum Gasteiger partial charge on any atom is 0.417 e. The minimum absolute atomic E-state index is 0.0375. The number of halogens is 1. The highest BCUT2D eigenvalue weighted by Crippen LogP contribution is 2.41. The Labute approximate surface area is 247 Å². The van der Waals surface area contributed by atoms with Crippen LogP contribution in [0.25, 0.3) is 20.8 Å². The number of thiophene rings is 1. The summed E-state index contributed by atoms with van der Waals surface area (Å²) in [5.41, 5.74) is -0.270. The molecule has 2 N–H and O–H groups in total. The highest BCUT2D eigenvalue weighted by atomic mass is 32.1. The summed E-state index contributed by atoms with van der Waals surface area (Å²) in [6.07, 6.45) is 3.48. The molecule has 1 aliphatic heterocycles. The van der Waals surface area contributed by atoms with Gasteiger partial charge in [0, 0.05) is 18.7 Å². The Morgan fingerprint density at radius 2 is 1.74 bits per heavy atom. The Morgan fingerprint density at radius 1 is 1.07 bits per heavy atom. The monoisotopic (exact) mass is 600 g/mol. The number of aryl methyl sites for hydroxylation is 1. The smallest absolute Gasteiger partial charge is 0.417 e. The number of amides is 3. The number of imide groups is 1. The third-order valence-electron chi connectivity index (χ3n) is 7.08. The van der Waals surface area contributed by atoms with Gasteiger partial charge in [-0.2, -0.15) is 5.10 Å². The highest BCUT2D eigenvalue weighted by molar-refractivity contribution is 7.22.